The Morgan fingerprint density at radius 3 is 2.76 bits per heavy atom. The highest BCUT2D eigenvalue weighted by molar-refractivity contribution is 9.10. The second-order valence-electron chi connectivity index (χ2n) is 5.05. The molecule has 0 aliphatic carbocycles. The lowest BCUT2D eigenvalue weighted by atomic mass is 10.0. The normalized spacial score (nSPS) is 28.0. The lowest BCUT2D eigenvalue weighted by molar-refractivity contribution is 0.103. The molecule has 2 rings (SSSR count). The maximum atomic E-state index is 3.66. The van der Waals surface area contributed by atoms with Gasteiger partial charge in [0, 0.05) is 35.7 Å². The highest BCUT2D eigenvalue weighted by Gasteiger charge is 2.27. The van der Waals surface area contributed by atoms with Crippen LogP contribution in [0.3, 0.4) is 0 Å². The number of rotatable bonds is 2. The van der Waals surface area contributed by atoms with Gasteiger partial charge in [0.2, 0.25) is 0 Å². The number of halogens is 1. The maximum Gasteiger partial charge on any atom is 0.0335 e. The Balaban J connectivity index is 2.18. The Bertz CT molecular complexity index is 380. The van der Waals surface area contributed by atoms with Crippen LogP contribution in [0, 0.1) is 0 Å². The fourth-order valence-corrected chi connectivity index (χ4v) is 3.20. The first-order valence-corrected chi connectivity index (χ1v) is 7.12. The molecule has 3 heteroatoms. The molecule has 3 atom stereocenters. The van der Waals surface area contributed by atoms with Crippen LogP contribution in [0.1, 0.15) is 32.4 Å². The van der Waals surface area contributed by atoms with Crippen LogP contribution >= 0.6 is 15.9 Å². The van der Waals surface area contributed by atoms with Crippen molar-refractivity contribution in [2.24, 2.45) is 0 Å². The van der Waals surface area contributed by atoms with Gasteiger partial charge in [-0.15, -0.1) is 0 Å². The minimum absolute atomic E-state index is 0.463. The van der Waals surface area contributed by atoms with Gasteiger partial charge >= 0.3 is 0 Å². The third-order valence-electron chi connectivity index (χ3n) is 3.67. The van der Waals surface area contributed by atoms with Gasteiger partial charge in [0.1, 0.15) is 0 Å². The summed E-state index contributed by atoms with van der Waals surface area (Å²) in [5.74, 6) is 0. The summed E-state index contributed by atoms with van der Waals surface area (Å²) in [6.45, 7) is 9.05. The van der Waals surface area contributed by atoms with Gasteiger partial charge in [0.15, 0.2) is 0 Å². The Morgan fingerprint density at radius 2 is 2.06 bits per heavy atom. The van der Waals surface area contributed by atoms with Crippen LogP contribution in [0.25, 0.3) is 0 Å². The molecule has 2 nitrogen and oxygen atoms in total. The molecule has 1 aliphatic heterocycles. The summed E-state index contributed by atoms with van der Waals surface area (Å²) in [4.78, 5) is 2.58. The second-order valence-corrected chi connectivity index (χ2v) is 5.91. The molecule has 0 saturated carbocycles. The number of hydrogen-bond donors (Lipinski definition) is 1. The average Bonchev–Trinajstić information content (AvgIpc) is 2.32. The third-order valence-corrected chi connectivity index (χ3v) is 4.39. The standard InChI is InChI=1S/C14H21BrN2/c1-10-9-17(11(2)8-16-10)12(3)13-6-4-5-7-14(13)15/h4-7,10-12,16H,8-9H2,1-3H3. The largest absolute Gasteiger partial charge is 0.311 e. The van der Waals surface area contributed by atoms with E-state index in [1.54, 1.807) is 0 Å². The number of nitrogens with zero attached hydrogens (tertiary/aromatic N) is 1. The van der Waals surface area contributed by atoms with E-state index < -0.39 is 0 Å². The zero-order chi connectivity index (χ0) is 12.4. The van der Waals surface area contributed by atoms with Crippen molar-refractivity contribution in [2.75, 3.05) is 13.1 Å². The molecular formula is C14H21BrN2. The molecule has 0 aromatic heterocycles. The predicted molar refractivity (Wildman–Crippen MR) is 76.2 cm³/mol. The summed E-state index contributed by atoms with van der Waals surface area (Å²) >= 11 is 3.66. The monoisotopic (exact) mass is 296 g/mol. The molecule has 0 radical (unpaired) electrons. The Kier molecular flexibility index (Phi) is 4.23. The first-order valence-electron chi connectivity index (χ1n) is 6.33. The van der Waals surface area contributed by atoms with Gasteiger partial charge < -0.3 is 5.32 Å². The molecule has 1 aromatic rings. The molecular weight excluding hydrogens is 276 g/mol. The molecule has 3 unspecified atom stereocenters. The molecule has 0 spiro atoms. The zero-order valence-corrected chi connectivity index (χ0v) is 12.4. The summed E-state index contributed by atoms with van der Waals surface area (Å²) < 4.78 is 1.21. The number of benzene rings is 1. The van der Waals surface area contributed by atoms with Crippen molar-refractivity contribution in [1.29, 1.82) is 0 Å². The van der Waals surface area contributed by atoms with Gasteiger partial charge in [0.05, 0.1) is 0 Å². The molecule has 94 valence electrons. The molecule has 1 aromatic carbocycles. The Hall–Kier alpha value is -0.380. The van der Waals surface area contributed by atoms with Crippen LogP contribution in [0.4, 0.5) is 0 Å². The molecule has 17 heavy (non-hydrogen) atoms. The maximum absolute atomic E-state index is 3.66. The number of piperazine rings is 1. The van der Waals surface area contributed by atoms with Crippen molar-refractivity contribution < 1.29 is 0 Å². The second kappa shape index (κ2) is 5.51. The summed E-state index contributed by atoms with van der Waals surface area (Å²) in [6.07, 6.45) is 0. The molecule has 0 bridgehead atoms. The van der Waals surface area contributed by atoms with E-state index in [2.05, 4.69) is 71.2 Å². The van der Waals surface area contributed by atoms with Gasteiger partial charge in [-0.05, 0) is 32.4 Å². The lowest BCUT2D eigenvalue weighted by Crippen LogP contribution is -2.54. The minimum Gasteiger partial charge on any atom is -0.311 e. The van der Waals surface area contributed by atoms with Crippen LogP contribution in [0.15, 0.2) is 28.7 Å². The fourth-order valence-electron chi connectivity index (χ4n) is 2.58. The SMILES string of the molecule is CC1CN(C(C)c2ccccc2Br)C(C)CN1. The van der Waals surface area contributed by atoms with E-state index >= 15 is 0 Å². The topological polar surface area (TPSA) is 15.3 Å². The summed E-state index contributed by atoms with van der Waals surface area (Å²) in [6, 6.07) is 10.2. The molecule has 0 amide bonds. The predicted octanol–water partition coefficient (Wildman–Crippen LogP) is 3.19. The summed E-state index contributed by atoms with van der Waals surface area (Å²) in [5, 5.41) is 3.53. The highest BCUT2D eigenvalue weighted by Crippen LogP contribution is 2.29. The van der Waals surface area contributed by atoms with E-state index in [1.807, 2.05) is 0 Å². The summed E-state index contributed by atoms with van der Waals surface area (Å²) in [7, 11) is 0. The molecule has 1 heterocycles. The summed E-state index contributed by atoms with van der Waals surface area (Å²) in [5.41, 5.74) is 1.38. The van der Waals surface area contributed by atoms with Crippen LogP contribution < -0.4 is 5.32 Å². The van der Waals surface area contributed by atoms with Crippen LogP contribution in [-0.4, -0.2) is 30.1 Å². The zero-order valence-electron chi connectivity index (χ0n) is 10.8. The van der Waals surface area contributed by atoms with E-state index in [9.17, 15) is 0 Å². The number of hydrogen-bond acceptors (Lipinski definition) is 2. The molecule has 1 fully saturated rings. The van der Waals surface area contributed by atoms with Crippen molar-refractivity contribution in [3.63, 3.8) is 0 Å². The molecule has 1 N–H and O–H groups in total. The first-order chi connectivity index (χ1) is 8.09. The minimum atomic E-state index is 0.463. The average molecular weight is 297 g/mol. The van der Waals surface area contributed by atoms with E-state index in [0.29, 0.717) is 18.1 Å². The van der Waals surface area contributed by atoms with Crippen LogP contribution in [-0.2, 0) is 0 Å². The van der Waals surface area contributed by atoms with Gasteiger partial charge in [-0.3, -0.25) is 4.90 Å². The van der Waals surface area contributed by atoms with Gasteiger partial charge in [0.25, 0.3) is 0 Å². The van der Waals surface area contributed by atoms with E-state index in [-0.39, 0.29) is 0 Å². The van der Waals surface area contributed by atoms with Crippen molar-refractivity contribution in [2.45, 2.75) is 38.9 Å². The lowest BCUT2D eigenvalue weighted by Gasteiger charge is -2.41. The highest BCUT2D eigenvalue weighted by atomic mass is 79.9. The van der Waals surface area contributed by atoms with Gasteiger partial charge in [-0.1, -0.05) is 34.1 Å². The quantitative estimate of drug-likeness (QED) is 0.902. The van der Waals surface area contributed by atoms with Crippen molar-refractivity contribution >= 4 is 15.9 Å². The fraction of sp³-hybridized carbons (Fsp3) is 0.571. The van der Waals surface area contributed by atoms with Gasteiger partial charge in [-0.25, -0.2) is 0 Å². The van der Waals surface area contributed by atoms with E-state index in [1.165, 1.54) is 10.0 Å². The van der Waals surface area contributed by atoms with Crippen molar-refractivity contribution in [3.8, 4) is 0 Å². The van der Waals surface area contributed by atoms with E-state index in [0.717, 1.165) is 13.1 Å². The molecule has 1 aliphatic rings. The Labute approximate surface area is 113 Å². The van der Waals surface area contributed by atoms with Crippen molar-refractivity contribution in [3.05, 3.63) is 34.3 Å². The smallest absolute Gasteiger partial charge is 0.0335 e. The molecule has 1 saturated heterocycles. The Morgan fingerprint density at radius 1 is 1.35 bits per heavy atom. The third kappa shape index (κ3) is 2.90. The van der Waals surface area contributed by atoms with Crippen LogP contribution in [0.2, 0.25) is 0 Å². The van der Waals surface area contributed by atoms with E-state index in [4.69, 9.17) is 0 Å². The van der Waals surface area contributed by atoms with Gasteiger partial charge in [-0.2, -0.15) is 0 Å². The first kappa shape index (κ1) is 13.1. The van der Waals surface area contributed by atoms with Crippen molar-refractivity contribution in [1.82, 2.24) is 10.2 Å². The number of nitrogens with one attached hydrogen (secondary N) is 1. The van der Waals surface area contributed by atoms with Crippen LogP contribution in [0.5, 0.6) is 0 Å².